The Kier molecular flexibility index (Phi) is 5.45. The molecule has 4 amide bonds. The molecule has 1 fully saturated rings. The Balaban J connectivity index is 1.36. The third-order valence-corrected chi connectivity index (χ3v) is 10.2. The summed E-state index contributed by atoms with van der Waals surface area (Å²) in [6.07, 6.45) is 3.69. The number of fused-ring (bicyclic) bond motifs is 5. The lowest BCUT2D eigenvalue weighted by molar-refractivity contribution is 0.0532. The average molecular weight is 567 g/mol. The molecule has 2 aliphatic heterocycles. The zero-order valence-electron chi connectivity index (χ0n) is 24.1. The summed E-state index contributed by atoms with van der Waals surface area (Å²) in [7, 11) is 1.50. The van der Waals surface area contributed by atoms with E-state index in [2.05, 4.69) is 31.2 Å². The number of benzene rings is 4. The molecule has 0 unspecified atom stereocenters. The first-order valence-corrected chi connectivity index (χ1v) is 15.0. The SMILES string of the molecule is CC1CCC(N2C(=O)c3ccc(C4(c5ccc6c(c5)C(=O)N(C)C6=O)c5ccccc5-c5ccccc54)cc3C2=O)CC1. The van der Waals surface area contributed by atoms with Gasteiger partial charge in [0.15, 0.2) is 0 Å². The van der Waals surface area contributed by atoms with Gasteiger partial charge in [-0.25, -0.2) is 0 Å². The third-order valence-electron chi connectivity index (χ3n) is 10.2. The Bertz CT molecular complexity index is 1870. The van der Waals surface area contributed by atoms with Crippen LogP contribution in [-0.4, -0.2) is 46.5 Å². The lowest BCUT2D eigenvalue weighted by atomic mass is 9.67. The van der Waals surface area contributed by atoms with Crippen molar-refractivity contribution in [3.8, 4) is 11.1 Å². The summed E-state index contributed by atoms with van der Waals surface area (Å²) >= 11 is 0. The first-order chi connectivity index (χ1) is 20.8. The summed E-state index contributed by atoms with van der Waals surface area (Å²) in [5.41, 5.74) is 6.61. The van der Waals surface area contributed by atoms with Crippen molar-refractivity contribution in [2.75, 3.05) is 7.05 Å². The Hall–Kier alpha value is -4.84. The van der Waals surface area contributed by atoms with Crippen LogP contribution in [0.25, 0.3) is 11.1 Å². The van der Waals surface area contributed by atoms with Crippen molar-refractivity contribution >= 4 is 23.6 Å². The highest BCUT2D eigenvalue weighted by Crippen LogP contribution is 2.56. The molecule has 8 rings (SSSR count). The normalized spacial score (nSPS) is 21.6. The third kappa shape index (κ3) is 3.35. The quantitative estimate of drug-likeness (QED) is 0.235. The second kappa shape index (κ2) is 9.08. The van der Waals surface area contributed by atoms with Gasteiger partial charge in [0.1, 0.15) is 0 Å². The van der Waals surface area contributed by atoms with E-state index in [4.69, 9.17) is 0 Å². The molecule has 0 atom stereocenters. The van der Waals surface area contributed by atoms with Crippen LogP contribution < -0.4 is 0 Å². The van der Waals surface area contributed by atoms with E-state index in [-0.39, 0.29) is 29.7 Å². The minimum atomic E-state index is -0.876. The number of carbonyl (C=O) groups is 4. The van der Waals surface area contributed by atoms with Gasteiger partial charge in [-0.1, -0.05) is 67.6 Å². The van der Waals surface area contributed by atoms with Crippen molar-refractivity contribution in [3.63, 3.8) is 0 Å². The van der Waals surface area contributed by atoms with Gasteiger partial charge in [-0.05, 0) is 89.2 Å². The zero-order valence-corrected chi connectivity index (χ0v) is 24.1. The van der Waals surface area contributed by atoms with Crippen molar-refractivity contribution in [2.45, 2.75) is 44.1 Å². The van der Waals surface area contributed by atoms with Crippen LogP contribution in [0.2, 0.25) is 0 Å². The molecule has 4 aliphatic rings. The summed E-state index contributed by atoms with van der Waals surface area (Å²) in [4.78, 5) is 56.2. The average Bonchev–Trinajstić information content (AvgIpc) is 3.56. The maximum atomic E-state index is 14.0. The molecule has 0 radical (unpaired) electrons. The van der Waals surface area contributed by atoms with E-state index in [1.54, 1.807) is 12.1 Å². The van der Waals surface area contributed by atoms with Crippen LogP contribution in [0.5, 0.6) is 0 Å². The minimum Gasteiger partial charge on any atom is -0.277 e. The second-order valence-corrected chi connectivity index (χ2v) is 12.4. The van der Waals surface area contributed by atoms with E-state index in [9.17, 15) is 19.2 Å². The number of carbonyl (C=O) groups excluding carboxylic acids is 4. The van der Waals surface area contributed by atoms with E-state index >= 15 is 0 Å². The lowest BCUT2D eigenvalue weighted by Crippen LogP contribution is -2.41. The zero-order chi connectivity index (χ0) is 29.6. The van der Waals surface area contributed by atoms with Crippen LogP contribution in [-0.2, 0) is 5.41 Å². The summed E-state index contributed by atoms with van der Waals surface area (Å²) in [6.45, 7) is 2.22. The van der Waals surface area contributed by atoms with E-state index in [0.717, 1.165) is 64.0 Å². The molecule has 0 N–H and O–H groups in total. The van der Waals surface area contributed by atoms with Gasteiger partial charge in [-0.2, -0.15) is 0 Å². The lowest BCUT2D eigenvalue weighted by Gasteiger charge is -2.34. The standard InChI is InChI=1S/C37H30N2O4/c1-21-11-15-24(16-12-21)39-35(42)28-18-14-23(20-30(28)36(39)43)37(22-13-17-27-29(19-22)34(41)38(2)33(27)40)31-9-5-3-7-25(31)26-8-4-6-10-32(26)37/h3-10,13-14,17-21,24H,11-12,15-16H2,1-2H3. The molecule has 4 aromatic rings. The summed E-state index contributed by atoms with van der Waals surface area (Å²) < 4.78 is 0. The van der Waals surface area contributed by atoms with Gasteiger partial charge in [-0.15, -0.1) is 0 Å². The van der Waals surface area contributed by atoms with Crippen LogP contribution in [0, 0.1) is 5.92 Å². The van der Waals surface area contributed by atoms with Crippen LogP contribution in [0.15, 0.2) is 84.9 Å². The van der Waals surface area contributed by atoms with Gasteiger partial charge in [0.2, 0.25) is 0 Å². The number of nitrogens with zero attached hydrogens (tertiary/aromatic N) is 2. The maximum Gasteiger partial charge on any atom is 0.261 e. The molecule has 2 heterocycles. The molecular weight excluding hydrogens is 536 g/mol. The van der Waals surface area contributed by atoms with Crippen LogP contribution >= 0.6 is 0 Å². The Morgan fingerprint density at radius 1 is 0.558 bits per heavy atom. The number of hydrogen-bond donors (Lipinski definition) is 0. The van der Waals surface area contributed by atoms with Crippen molar-refractivity contribution in [3.05, 3.63) is 129 Å². The smallest absolute Gasteiger partial charge is 0.261 e. The highest BCUT2D eigenvalue weighted by molar-refractivity contribution is 6.22. The number of rotatable bonds is 3. The molecule has 6 nitrogen and oxygen atoms in total. The molecule has 6 heteroatoms. The molecule has 0 bridgehead atoms. The number of imide groups is 2. The Morgan fingerprint density at radius 3 is 1.60 bits per heavy atom. The van der Waals surface area contributed by atoms with Crippen molar-refractivity contribution < 1.29 is 19.2 Å². The van der Waals surface area contributed by atoms with Crippen molar-refractivity contribution in [1.82, 2.24) is 9.80 Å². The molecular formula is C37H30N2O4. The number of amides is 4. The van der Waals surface area contributed by atoms with E-state index in [1.807, 2.05) is 48.5 Å². The molecule has 1 saturated carbocycles. The second-order valence-electron chi connectivity index (χ2n) is 12.4. The highest BCUT2D eigenvalue weighted by Gasteiger charge is 2.49. The summed E-state index contributed by atoms with van der Waals surface area (Å²) in [5.74, 6) is -0.477. The first kappa shape index (κ1) is 25.8. The fourth-order valence-electron chi connectivity index (χ4n) is 7.94. The fourth-order valence-corrected chi connectivity index (χ4v) is 7.94. The van der Waals surface area contributed by atoms with Crippen LogP contribution in [0.1, 0.15) is 96.3 Å². The Morgan fingerprint density at radius 2 is 1.02 bits per heavy atom. The Labute approximate surface area is 249 Å². The predicted molar refractivity (Wildman–Crippen MR) is 162 cm³/mol. The van der Waals surface area contributed by atoms with Gasteiger partial charge in [0.25, 0.3) is 23.6 Å². The van der Waals surface area contributed by atoms with E-state index < -0.39 is 5.41 Å². The van der Waals surface area contributed by atoms with Gasteiger partial charge >= 0.3 is 0 Å². The molecule has 43 heavy (non-hydrogen) atoms. The minimum absolute atomic E-state index is 0.0776. The van der Waals surface area contributed by atoms with E-state index in [0.29, 0.717) is 28.2 Å². The first-order valence-electron chi connectivity index (χ1n) is 15.0. The van der Waals surface area contributed by atoms with Crippen LogP contribution in [0.3, 0.4) is 0 Å². The fraction of sp³-hybridized carbons (Fsp3) is 0.243. The maximum absolute atomic E-state index is 14.0. The summed E-state index contributed by atoms with van der Waals surface area (Å²) in [5, 5.41) is 0. The van der Waals surface area contributed by atoms with Crippen LogP contribution in [0.4, 0.5) is 0 Å². The van der Waals surface area contributed by atoms with Crippen molar-refractivity contribution in [1.29, 1.82) is 0 Å². The molecule has 0 aromatic heterocycles. The van der Waals surface area contributed by atoms with Gasteiger partial charge in [-0.3, -0.25) is 29.0 Å². The largest absolute Gasteiger partial charge is 0.277 e. The van der Waals surface area contributed by atoms with Crippen molar-refractivity contribution in [2.24, 2.45) is 5.92 Å². The monoisotopic (exact) mass is 566 g/mol. The van der Waals surface area contributed by atoms with Gasteiger partial charge in [0.05, 0.1) is 27.7 Å². The van der Waals surface area contributed by atoms with Gasteiger partial charge in [0, 0.05) is 13.1 Å². The highest BCUT2D eigenvalue weighted by atomic mass is 16.2. The molecule has 2 aliphatic carbocycles. The molecule has 0 saturated heterocycles. The van der Waals surface area contributed by atoms with Gasteiger partial charge < -0.3 is 0 Å². The molecule has 4 aromatic carbocycles. The topological polar surface area (TPSA) is 74.8 Å². The predicted octanol–water partition coefficient (Wildman–Crippen LogP) is 6.45. The van der Waals surface area contributed by atoms with E-state index in [1.165, 1.54) is 11.9 Å². The molecule has 212 valence electrons. The summed E-state index contributed by atoms with van der Waals surface area (Å²) in [6, 6.07) is 27.5. The number of hydrogen-bond acceptors (Lipinski definition) is 4. The molecule has 0 spiro atoms.